The van der Waals surface area contributed by atoms with E-state index in [4.69, 9.17) is 0 Å². The summed E-state index contributed by atoms with van der Waals surface area (Å²) in [5.41, 5.74) is 2.78. The standard InChI is InChI=1S/C19H26N4S/c1-3-17-23-16(13-24-17)12-21-18(20-2)22-14-19(10-7-11-19)15-8-5-4-6-9-15/h4-6,8-9,13H,3,7,10-12,14H2,1-2H3,(H2,20,21,22). The first kappa shape index (κ1) is 17.0. The predicted molar refractivity (Wildman–Crippen MR) is 102 cm³/mol. The van der Waals surface area contributed by atoms with Gasteiger partial charge in [0, 0.05) is 24.4 Å². The molecule has 5 heteroatoms. The second kappa shape index (κ2) is 7.79. The highest BCUT2D eigenvalue weighted by molar-refractivity contribution is 7.09. The zero-order chi connectivity index (χ0) is 16.8. The first-order chi connectivity index (χ1) is 11.8. The molecule has 1 heterocycles. The van der Waals surface area contributed by atoms with Gasteiger partial charge in [0.05, 0.1) is 17.2 Å². The number of aliphatic imine (C=N–C) groups is 1. The van der Waals surface area contributed by atoms with Gasteiger partial charge < -0.3 is 10.6 Å². The zero-order valence-corrected chi connectivity index (χ0v) is 15.3. The third kappa shape index (κ3) is 3.78. The first-order valence-electron chi connectivity index (χ1n) is 8.69. The summed E-state index contributed by atoms with van der Waals surface area (Å²) in [6, 6.07) is 10.9. The van der Waals surface area contributed by atoms with Crippen LogP contribution in [0.2, 0.25) is 0 Å². The molecule has 2 aromatic rings. The minimum absolute atomic E-state index is 0.259. The summed E-state index contributed by atoms with van der Waals surface area (Å²) in [7, 11) is 1.82. The molecule has 0 bridgehead atoms. The predicted octanol–water partition coefficient (Wildman–Crippen LogP) is 3.49. The van der Waals surface area contributed by atoms with Crippen LogP contribution < -0.4 is 10.6 Å². The summed E-state index contributed by atoms with van der Waals surface area (Å²) in [6.45, 7) is 3.78. The van der Waals surface area contributed by atoms with Crippen molar-refractivity contribution in [1.29, 1.82) is 0 Å². The zero-order valence-electron chi connectivity index (χ0n) is 14.5. The molecule has 1 aromatic heterocycles. The molecule has 0 aliphatic heterocycles. The average Bonchev–Trinajstić information content (AvgIpc) is 3.05. The monoisotopic (exact) mass is 342 g/mol. The molecule has 128 valence electrons. The molecule has 0 atom stereocenters. The Balaban J connectivity index is 1.55. The number of thiazole rings is 1. The van der Waals surface area contributed by atoms with Crippen molar-refractivity contribution in [2.24, 2.45) is 4.99 Å². The van der Waals surface area contributed by atoms with E-state index in [1.54, 1.807) is 11.3 Å². The van der Waals surface area contributed by atoms with E-state index in [1.807, 2.05) is 7.05 Å². The lowest BCUT2D eigenvalue weighted by Crippen LogP contribution is -2.48. The highest BCUT2D eigenvalue weighted by atomic mass is 32.1. The van der Waals surface area contributed by atoms with Crippen LogP contribution in [0, 0.1) is 0 Å². The van der Waals surface area contributed by atoms with Gasteiger partial charge in [0.25, 0.3) is 0 Å². The SMILES string of the molecule is CCc1nc(CNC(=NC)NCC2(c3ccccc3)CCC2)cs1. The lowest BCUT2D eigenvalue weighted by Gasteiger charge is -2.43. The van der Waals surface area contributed by atoms with Crippen molar-refractivity contribution in [3.63, 3.8) is 0 Å². The van der Waals surface area contributed by atoms with Gasteiger partial charge in [-0.25, -0.2) is 4.98 Å². The van der Waals surface area contributed by atoms with Crippen LogP contribution in [-0.2, 0) is 18.4 Å². The molecular weight excluding hydrogens is 316 g/mol. The van der Waals surface area contributed by atoms with Crippen LogP contribution in [0.4, 0.5) is 0 Å². The lowest BCUT2D eigenvalue weighted by molar-refractivity contribution is 0.244. The highest BCUT2D eigenvalue weighted by Gasteiger charge is 2.38. The molecule has 2 N–H and O–H groups in total. The van der Waals surface area contributed by atoms with Crippen molar-refractivity contribution in [3.8, 4) is 0 Å². The fraction of sp³-hybridized carbons (Fsp3) is 0.474. The van der Waals surface area contributed by atoms with Gasteiger partial charge in [-0.1, -0.05) is 43.7 Å². The fourth-order valence-electron chi connectivity index (χ4n) is 3.20. The highest BCUT2D eigenvalue weighted by Crippen LogP contribution is 2.43. The lowest BCUT2D eigenvalue weighted by atomic mass is 9.64. The molecule has 0 unspecified atom stereocenters. The van der Waals surface area contributed by atoms with E-state index < -0.39 is 0 Å². The van der Waals surface area contributed by atoms with Gasteiger partial charge in [-0.2, -0.15) is 0 Å². The first-order valence-corrected chi connectivity index (χ1v) is 9.57. The molecule has 24 heavy (non-hydrogen) atoms. The van der Waals surface area contributed by atoms with Gasteiger partial charge in [0.1, 0.15) is 0 Å². The van der Waals surface area contributed by atoms with E-state index in [2.05, 4.69) is 63.2 Å². The van der Waals surface area contributed by atoms with Crippen LogP contribution in [-0.4, -0.2) is 24.5 Å². The van der Waals surface area contributed by atoms with Crippen LogP contribution in [0.1, 0.15) is 42.5 Å². The van der Waals surface area contributed by atoms with Gasteiger partial charge in [-0.15, -0.1) is 11.3 Å². The summed E-state index contributed by atoms with van der Waals surface area (Å²) in [4.78, 5) is 8.95. The molecule has 0 radical (unpaired) electrons. The maximum atomic E-state index is 4.59. The number of hydrogen-bond acceptors (Lipinski definition) is 3. The van der Waals surface area contributed by atoms with E-state index in [0.717, 1.165) is 24.6 Å². The number of benzene rings is 1. The number of guanidine groups is 1. The summed E-state index contributed by atoms with van der Waals surface area (Å²) >= 11 is 1.73. The Morgan fingerprint density at radius 1 is 1.25 bits per heavy atom. The number of aryl methyl sites for hydroxylation is 1. The molecule has 0 amide bonds. The van der Waals surface area contributed by atoms with Crippen molar-refractivity contribution in [3.05, 3.63) is 52.0 Å². The smallest absolute Gasteiger partial charge is 0.191 e. The van der Waals surface area contributed by atoms with Crippen LogP contribution in [0.3, 0.4) is 0 Å². The molecule has 1 saturated carbocycles. The maximum Gasteiger partial charge on any atom is 0.191 e. The molecule has 3 rings (SSSR count). The Morgan fingerprint density at radius 3 is 2.62 bits per heavy atom. The number of nitrogens with zero attached hydrogens (tertiary/aromatic N) is 2. The van der Waals surface area contributed by atoms with Crippen molar-refractivity contribution < 1.29 is 0 Å². The summed E-state index contributed by atoms with van der Waals surface area (Å²) in [5, 5.41) is 10.2. The molecule has 4 nitrogen and oxygen atoms in total. The van der Waals surface area contributed by atoms with Crippen LogP contribution in [0.25, 0.3) is 0 Å². The minimum Gasteiger partial charge on any atom is -0.356 e. The number of hydrogen-bond donors (Lipinski definition) is 2. The quantitative estimate of drug-likeness (QED) is 0.624. The largest absolute Gasteiger partial charge is 0.356 e. The Labute approximate surface area is 148 Å². The molecule has 1 aliphatic rings. The van der Waals surface area contributed by atoms with Crippen LogP contribution in [0.15, 0.2) is 40.7 Å². The second-order valence-corrected chi connectivity index (χ2v) is 7.31. The van der Waals surface area contributed by atoms with Crippen molar-refractivity contribution in [2.75, 3.05) is 13.6 Å². The van der Waals surface area contributed by atoms with E-state index >= 15 is 0 Å². The normalized spacial score (nSPS) is 16.5. The van der Waals surface area contributed by atoms with Gasteiger partial charge in [-0.05, 0) is 24.8 Å². The van der Waals surface area contributed by atoms with Crippen LogP contribution >= 0.6 is 11.3 Å². The van der Waals surface area contributed by atoms with Gasteiger partial charge in [-0.3, -0.25) is 4.99 Å². The molecular formula is C19H26N4S. The second-order valence-electron chi connectivity index (χ2n) is 6.37. The number of rotatable bonds is 6. The Morgan fingerprint density at radius 2 is 2.04 bits per heavy atom. The Kier molecular flexibility index (Phi) is 5.51. The maximum absolute atomic E-state index is 4.59. The molecule has 1 fully saturated rings. The van der Waals surface area contributed by atoms with Gasteiger partial charge >= 0.3 is 0 Å². The summed E-state index contributed by atoms with van der Waals surface area (Å²) in [5.74, 6) is 0.850. The van der Waals surface area contributed by atoms with E-state index in [9.17, 15) is 0 Å². The van der Waals surface area contributed by atoms with Crippen molar-refractivity contribution >= 4 is 17.3 Å². The minimum atomic E-state index is 0.259. The summed E-state index contributed by atoms with van der Waals surface area (Å²) in [6.07, 6.45) is 4.79. The van der Waals surface area contributed by atoms with E-state index in [0.29, 0.717) is 6.54 Å². The van der Waals surface area contributed by atoms with E-state index in [1.165, 1.54) is 29.8 Å². The van der Waals surface area contributed by atoms with Crippen molar-refractivity contribution in [1.82, 2.24) is 15.6 Å². The Hall–Kier alpha value is -1.88. The molecule has 0 spiro atoms. The molecule has 0 saturated heterocycles. The molecule has 1 aromatic carbocycles. The number of aromatic nitrogens is 1. The number of nitrogens with one attached hydrogen (secondary N) is 2. The Bertz CT molecular complexity index is 674. The molecule has 1 aliphatic carbocycles. The van der Waals surface area contributed by atoms with Gasteiger partial charge in [0.15, 0.2) is 5.96 Å². The van der Waals surface area contributed by atoms with Crippen molar-refractivity contribution in [2.45, 2.75) is 44.6 Å². The fourth-order valence-corrected chi connectivity index (χ4v) is 3.95. The summed E-state index contributed by atoms with van der Waals surface area (Å²) < 4.78 is 0. The third-order valence-corrected chi connectivity index (χ3v) is 5.90. The van der Waals surface area contributed by atoms with E-state index in [-0.39, 0.29) is 5.41 Å². The van der Waals surface area contributed by atoms with Gasteiger partial charge in [0.2, 0.25) is 0 Å². The average molecular weight is 343 g/mol. The van der Waals surface area contributed by atoms with Crippen LogP contribution in [0.5, 0.6) is 0 Å². The third-order valence-electron chi connectivity index (χ3n) is 4.85. The topological polar surface area (TPSA) is 49.3 Å².